The summed E-state index contributed by atoms with van der Waals surface area (Å²) in [6.45, 7) is 5.07. The summed E-state index contributed by atoms with van der Waals surface area (Å²) in [5.74, 6) is -0.375. The van der Waals surface area contributed by atoms with Crippen molar-refractivity contribution in [3.8, 4) is 0 Å². The van der Waals surface area contributed by atoms with Crippen LogP contribution in [0.3, 0.4) is 0 Å². The fourth-order valence-corrected chi connectivity index (χ4v) is 5.59. The molecule has 158 valence electrons. The summed E-state index contributed by atoms with van der Waals surface area (Å²) in [5, 5.41) is 0.558. The topological polar surface area (TPSA) is 76.6 Å². The molecule has 4 rings (SSSR count). The van der Waals surface area contributed by atoms with E-state index < -0.39 is 9.84 Å². The van der Waals surface area contributed by atoms with Crippen molar-refractivity contribution in [3.63, 3.8) is 0 Å². The standard InChI is InChI=1S/C22H24N2O4S2/c1-14-10-11-18-20(15(14)2)23-22(29-18)24(13-16-7-6-12-28-16)21(25)17-8-4-5-9-19(17)30(3,26)27/h4-5,8-11,16H,6-7,12-13H2,1-3H3. The van der Waals surface area contributed by atoms with Crippen LogP contribution in [0.4, 0.5) is 5.13 Å². The first kappa shape index (κ1) is 21.0. The zero-order valence-electron chi connectivity index (χ0n) is 17.2. The molecule has 1 saturated heterocycles. The van der Waals surface area contributed by atoms with Crippen LogP contribution >= 0.6 is 11.3 Å². The molecule has 0 radical (unpaired) electrons. The molecule has 0 spiro atoms. The van der Waals surface area contributed by atoms with Gasteiger partial charge in [-0.15, -0.1) is 0 Å². The van der Waals surface area contributed by atoms with Crippen molar-refractivity contribution >= 4 is 42.4 Å². The van der Waals surface area contributed by atoms with Crippen LogP contribution in [-0.4, -0.2) is 44.8 Å². The third-order valence-corrected chi connectivity index (χ3v) is 7.68. The maximum absolute atomic E-state index is 13.6. The highest BCUT2D eigenvalue weighted by molar-refractivity contribution is 7.90. The van der Waals surface area contributed by atoms with E-state index in [2.05, 4.69) is 0 Å². The number of nitrogens with zero attached hydrogens (tertiary/aromatic N) is 2. The zero-order valence-corrected chi connectivity index (χ0v) is 18.8. The summed E-state index contributed by atoms with van der Waals surface area (Å²) in [6, 6.07) is 10.4. The SMILES string of the molecule is Cc1ccc2sc(N(CC3CCCO3)C(=O)c3ccccc3S(C)(=O)=O)nc2c1C. The number of sulfone groups is 1. The predicted octanol–water partition coefficient (Wildman–Crippen LogP) is 4.14. The molecule has 1 unspecified atom stereocenters. The molecule has 1 amide bonds. The molecule has 2 heterocycles. The molecule has 2 aromatic carbocycles. The van der Waals surface area contributed by atoms with E-state index in [4.69, 9.17) is 9.72 Å². The van der Waals surface area contributed by atoms with Crippen LogP contribution in [0.15, 0.2) is 41.3 Å². The largest absolute Gasteiger partial charge is 0.376 e. The molecule has 0 aliphatic carbocycles. The number of benzene rings is 2. The van der Waals surface area contributed by atoms with Crippen LogP contribution in [0.5, 0.6) is 0 Å². The van der Waals surface area contributed by atoms with Crippen molar-refractivity contribution in [1.29, 1.82) is 0 Å². The molecular formula is C22H24N2O4S2. The Balaban J connectivity index is 1.81. The average Bonchev–Trinajstić information content (AvgIpc) is 3.38. The Morgan fingerprint density at radius 3 is 2.70 bits per heavy atom. The Morgan fingerprint density at radius 1 is 1.23 bits per heavy atom. The molecule has 3 aromatic rings. The second kappa shape index (κ2) is 8.09. The van der Waals surface area contributed by atoms with Gasteiger partial charge in [0.15, 0.2) is 15.0 Å². The van der Waals surface area contributed by atoms with Crippen molar-refractivity contribution < 1.29 is 17.9 Å². The van der Waals surface area contributed by atoms with E-state index in [0.717, 1.165) is 40.4 Å². The second-order valence-corrected chi connectivity index (χ2v) is 10.7. The van der Waals surface area contributed by atoms with Gasteiger partial charge in [0.2, 0.25) is 0 Å². The van der Waals surface area contributed by atoms with Gasteiger partial charge >= 0.3 is 0 Å². The fraction of sp³-hybridized carbons (Fsp3) is 0.364. The third kappa shape index (κ3) is 3.99. The van der Waals surface area contributed by atoms with Gasteiger partial charge in [0.05, 0.1) is 33.3 Å². The van der Waals surface area contributed by atoms with Gasteiger partial charge in [0, 0.05) is 12.9 Å². The molecule has 1 atom stereocenters. The van der Waals surface area contributed by atoms with E-state index in [0.29, 0.717) is 18.3 Å². The minimum atomic E-state index is -3.55. The number of aryl methyl sites for hydroxylation is 2. The lowest BCUT2D eigenvalue weighted by atomic mass is 10.1. The maximum atomic E-state index is 13.6. The van der Waals surface area contributed by atoms with Gasteiger partial charge < -0.3 is 4.74 Å². The average molecular weight is 445 g/mol. The van der Waals surface area contributed by atoms with E-state index in [-0.39, 0.29) is 22.5 Å². The third-order valence-electron chi connectivity index (χ3n) is 5.48. The van der Waals surface area contributed by atoms with Crippen molar-refractivity contribution in [2.75, 3.05) is 24.3 Å². The summed E-state index contributed by atoms with van der Waals surface area (Å²) in [6.07, 6.45) is 2.84. The van der Waals surface area contributed by atoms with Crippen LogP contribution < -0.4 is 4.90 Å². The summed E-state index contributed by atoms with van der Waals surface area (Å²) >= 11 is 1.44. The van der Waals surface area contributed by atoms with Crippen LogP contribution in [0.2, 0.25) is 0 Å². The minimum absolute atomic E-state index is 0.0282. The van der Waals surface area contributed by atoms with Gasteiger partial charge in [-0.1, -0.05) is 29.5 Å². The molecule has 0 bridgehead atoms. The molecule has 1 aromatic heterocycles. The quantitative estimate of drug-likeness (QED) is 0.591. The highest BCUT2D eigenvalue weighted by atomic mass is 32.2. The van der Waals surface area contributed by atoms with Gasteiger partial charge in [-0.3, -0.25) is 9.69 Å². The maximum Gasteiger partial charge on any atom is 0.261 e. The molecule has 6 nitrogen and oxygen atoms in total. The summed E-state index contributed by atoms with van der Waals surface area (Å²) in [5.41, 5.74) is 3.25. The number of carbonyl (C=O) groups excluding carboxylic acids is 1. The summed E-state index contributed by atoms with van der Waals surface area (Å²) in [4.78, 5) is 20.0. The van der Waals surface area contributed by atoms with Crippen LogP contribution in [0.1, 0.15) is 34.3 Å². The van der Waals surface area contributed by atoms with Gasteiger partial charge in [-0.25, -0.2) is 13.4 Å². The number of anilines is 1. The van der Waals surface area contributed by atoms with Crippen molar-refractivity contribution in [2.45, 2.75) is 37.7 Å². The highest BCUT2D eigenvalue weighted by Crippen LogP contribution is 2.34. The van der Waals surface area contributed by atoms with E-state index in [1.807, 2.05) is 26.0 Å². The van der Waals surface area contributed by atoms with Crippen molar-refractivity contribution in [1.82, 2.24) is 4.98 Å². The number of carbonyl (C=O) groups is 1. The van der Waals surface area contributed by atoms with Crippen molar-refractivity contribution in [2.24, 2.45) is 0 Å². The first-order valence-electron chi connectivity index (χ1n) is 9.85. The first-order chi connectivity index (χ1) is 14.3. The number of hydrogen-bond donors (Lipinski definition) is 0. The minimum Gasteiger partial charge on any atom is -0.376 e. The van der Waals surface area contributed by atoms with Gasteiger partial charge in [-0.05, 0) is 56.0 Å². The summed E-state index contributed by atoms with van der Waals surface area (Å²) in [7, 11) is -3.55. The number of thiazole rings is 1. The Kier molecular flexibility index (Phi) is 5.65. The van der Waals surface area contributed by atoms with E-state index in [9.17, 15) is 13.2 Å². The molecule has 1 aliphatic rings. The number of ether oxygens (including phenoxy) is 1. The molecule has 8 heteroatoms. The fourth-order valence-electron chi connectivity index (χ4n) is 3.68. The van der Waals surface area contributed by atoms with Crippen LogP contribution in [0.25, 0.3) is 10.2 Å². The molecule has 1 aliphatic heterocycles. The Labute approximate surface area is 180 Å². The number of aromatic nitrogens is 1. The summed E-state index contributed by atoms with van der Waals surface area (Å²) < 4.78 is 31.3. The van der Waals surface area contributed by atoms with E-state index >= 15 is 0 Å². The lowest BCUT2D eigenvalue weighted by molar-refractivity contribution is 0.0915. The van der Waals surface area contributed by atoms with E-state index in [1.54, 1.807) is 23.1 Å². The molecule has 0 saturated carbocycles. The Morgan fingerprint density at radius 2 is 2.00 bits per heavy atom. The van der Waals surface area contributed by atoms with Gasteiger partial charge in [0.25, 0.3) is 5.91 Å². The van der Waals surface area contributed by atoms with Crippen LogP contribution in [0, 0.1) is 13.8 Å². The zero-order chi connectivity index (χ0) is 21.5. The lowest BCUT2D eigenvalue weighted by Gasteiger charge is -2.24. The molecule has 1 fully saturated rings. The Bertz CT molecular complexity index is 1210. The van der Waals surface area contributed by atoms with Crippen molar-refractivity contribution in [3.05, 3.63) is 53.1 Å². The lowest BCUT2D eigenvalue weighted by Crippen LogP contribution is -2.38. The molecular weight excluding hydrogens is 420 g/mol. The predicted molar refractivity (Wildman–Crippen MR) is 119 cm³/mol. The second-order valence-electron chi connectivity index (χ2n) is 7.67. The molecule has 30 heavy (non-hydrogen) atoms. The highest BCUT2D eigenvalue weighted by Gasteiger charge is 2.30. The van der Waals surface area contributed by atoms with Gasteiger partial charge in [-0.2, -0.15) is 0 Å². The smallest absolute Gasteiger partial charge is 0.261 e. The number of amides is 1. The normalized spacial score (nSPS) is 16.8. The van der Waals surface area contributed by atoms with Crippen LogP contribution in [-0.2, 0) is 14.6 Å². The number of hydrogen-bond acceptors (Lipinski definition) is 6. The first-order valence-corrected chi connectivity index (χ1v) is 12.6. The monoisotopic (exact) mass is 444 g/mol. The van der Waals surface area contributed by atoms with E-state index in [1.165, 1.54) is 17.4 Å². The molecule has 0 N–H and O–H groups in total. The number of fused-ring (bicyclic) bond motifs is 1. The Hall–Kier alpha value is -2.29. The number of rotatable bonds is 5. The van der Waals surface area contributed by atoms with Gasteiger partial charge in [0.1, 0.15) is 0 Å².